The number of carbonyl (C=O) groups excluding carboxylic acids is 1. The highest BCUT2D eigenvalue weighted by atomic mass is 16.5. The average Bonchev–Trinajstić information content (AvgIpc) is 2.46. The molecule has 0 saturated heterocycles. The van der Waals surface area contributed by atoms with Crippen LogP contribution in [-0.2, 0) is 0 Å². The molecule has 0 bridgehead atoms. The van der Waals surface area contributed by atoms with Crippen molar-refractivity contribution in [3.05, 3.63) is 71.3 Å². The SMILES string of the molecule is CCOc1ccc(/C=C/C(=O)c2cccc(C)c2)cc1. The van der Waals surface area contributed by atoms with Crippen LogP contribution in [0.4, 0.5) is 0 Å². The summed E-state index contributed by atoms with van der Waals surface area (Å²) in [4.78, 5) is 12.0. The van der Waals surface area contributed by atoms with Crippen molar-refractivity contribution in [2.75, 3.05) is 6.61 Å². The molecule has 0 aliphatic rings. The number of rotatable bonds is 5. The lowest BCUT2D eigenvalue weighted by molar-refractivity contribution is 0.104. The maximum atomic E-state index is 12.0. The van der Waals surface area contributed by atoms with E-state index < -0.39 is 0 Å². The van der Waals surface area contributed by atoms with Gasteiger partial charge in [-0.1, -0.05) is 42.0 Å². The minimum absolute atomic E-state index is 0.0163. The zero-order valence-electron chi connectivity index (χ0n) is 11.8. The number of carbonyl (C=O) groups is 1. The van der Waals surface area contributed by atoms with E-state index in [1.807, 2.05) is 68.5 Å². The van der Waals surface area contributed by atoms with Gasteiger partial charge in [0.15, 0.2) is 5.78 Å². The maximum Gasteiger partial charge on any atom is 0.185 e. The van der Waals surface area contributed by atoms with Crippen molar-refractivity contribution >= 4 is 11.9 Å². The second kappa shape index (κ2) is 6.71. The molecule has 0 atom stereocenters. The van der Waals surface area contributed by atoms with Crippen LogP contribution in [0.2, 0.25) is 0 Å². The molecule has 0 saturated carbocycles. The molecule has 2 heteroatoms. The van der Waals surface area contributed by atoms with Crippen LogP contribution in [0.25, 0.3) is 6.08 Å². The Bertz CT molecular complexity index is 610. The summed E-state index contributed by atoms with van der Waals surface area (Å²) >= 11 is 0. The van der Waals surface area contributed by atoms with Gasteiger partial charge in [-0.25, -0.2) is 0 Å². The number of hydrogen-bond acceptors (Lipinski definition) is 2. The van der Waals surface area contributed by atoms with Crippen molar-refractivity contribution in [2.24, 2.45) is 0 Å². The fourth-order valence-corrected chi connectivity index (χ4v) is 1.91. The van der Waals surface area contributed by atoms with E-state index >= 15 is 0 Å². The molecule has 0 aliphatic carbocycles. The van der Waals surface area contributed by atoms with E-state index in [0.29, 0.717) is 12.2 Å². The van der Waals surface area contributed by atoms with Crippen LogP contribution in [0.3, 0.4) is 0 Å². The Labute approximate surface area is 119 Å². The zero-order chi connectivity index (χ0) is 14.4. The number of allylic oxidation sites excluding steroid dienone is 1. The van der Waals surface area contributed by atoms with Crippen molar-refractivity contribution < 1.29 is 9.53 Å². The Morgan fingerprint density at radius 1 is 1.15 bits per heavy atom. The van der Waals surface area contributed by atoms with Crippen molar-refractivity contribution in [3.8, 4) is 5.75 Å². The van der Waals surface area contributed by atoms with Gasteiger partial charge in [0.05, 0.1) is 6.61 Å². The number of aryl methyl sites for hydroxylation is 1. The molecule has 0 heterocycles. The molecular weight excluding hydrogens is 248 g/mol. The molecule has 0 N–H and O–H groups in total. The Balaban J connectivity index is 2.07. The van der Waals surface area contributed by atoms with Gasteiger partial charge >= 0.3 is 0 Å². The zero-order valence-corrected chi connectivity index (χ0v) is 11.8. The standard InChI is InChI=1S/C18H18O2/c1-3-20-17-10-7-15(8-11-17)9-12-18(19)16-6-4-5-14(2)13-16/h4-13H,3H2,1-2H3/b12-9+. The summed E-state index contributed by atoms with van der Waals surface area (Å²) in [5, 5.41) is 0. The third kappa shape index (κ3) is 3.82. The molecule has 2 aromatic rings. The van der Waals surface area contributed by atoms with Gasteiger partial charge in [0, 0.05) is 5.56 Å². The van der Waals surface area contributed by atoms with Gasteiger partial charge in [0.1, 0.15) is 5.75 Å². The monoisotopic (exact) mass is 266 g/mol. The normalized spacial score (nSPS) is 10.7. The number of benzene rings is 2. The molecule has 2 rings (SSSR count). The summed E-state index contributed by atoms with van der Waals surface area (Å²) in [5.41, 5.74) is 2.78. The highest BCUT2D eigenvalue weighted by Crippen LogP contribution is 2.13. The molecule has 0 amide bonds. The first-order chi connectivity index (χ1) is 9.69. The Hall–Kier alpha value is -2.35. The number of ketones is 1. The Morgan fingerprint density at radius 2 is 1.90 bits per heavy atom. The lowest BCUT2D eigenvalue weighted by atomic mass is 10.1. The molecule has 2 nitrogen and oxygen atoms in total. The first kappa shape index (κ1) is 14.1. The quantitative estimate of drug-likeness (QED) is 0.596. The molecule has 0 spiro atoms. The highest BCUT2D eigenvalue weighted by Gasteiger charge is 2.01. The van der Waals surface area contributed by atoms with Crippen LogP contribution in [0.1, 0.15) is 28.4 Å². The summed E-state index contributed by atoms with van der Waals surface area (Å²) in [6, 6.07) is 15.3. The van der Waals surface area contributed by atoms with Crippen LogP contribution in [0.5, 0.6) is 5.75 Å². The van der Waals surface area contributed by atoms with Crippen molar-refractivity contribution in [1.29, 1.82) is 0 Å². The van der Waals surface area contributed by atoms with E-state index in [9.17, 15) is 4.79 Å². The lowest BCUT2D eigenvalue weighted by Gasteiger charge is -2.02. The first-order valence-electron chi connectivity index (χ1n) is 6.71. The molecule has 0 aliphatic heterocycles. The number of hydrogen-bond donors (Lipinski definition) is 0. The van der Waals surface area contributed by atoms with Gasteiger partial charge in [-0.2, -0.15) is 0 Å². The highest BCUT2D eigenvalue weighted by molar-refractivity contribution is 6.06. The summed E-state index contributed by atoms with van der Waals surface area (Å²) in [5.74, 6) is 0.859. The smallest absolute Gasteiger partial charge is 0.185 e. The second-order valence-electron chi connectivity index (χ2n) is 4.57. The molecule has 2 aromatic carbocycles. The van der Waals surface area contributed by atoms with Crippen LogP contribution < -0.4 is 4.74 Å². The molecule has 0 unspecified atom stereocenters. The number of ether oxygens (including phenoxy) is 1. The lowest BCUT2D eigenvalue weighted by Crippen LogP contribution is -1.94. The third-order valence-electron chi connectivity index (χ3n) is 2.92. The molecule has 20 heavy (non-hydrogen) atoms. The largest absolute Gasteiger partial charge is 0.494 e. The van der Waals surface area contributed by atoms with E-state index in [1.54, 1.807) is 6.08 Å². The van der Waals surface area contributed by atoms with E-state index in [2.05, 4.69) is 0 Å². The van der Waals surface area contributed by atoms with Crippen LogP contribution in [0, 0.1) is 6.92 Å². The Morgan fingerprint density at radius 3 is 2.55 bits per heavy atom. The average molecular weight is 266 g/mol. The van der Waals surface area contributed by atoms with E-state index in [4.69, 9.17) is 4.74 Å². The molecule has 0 radical (unpaired) electrons. The predicted molar refractivity (Wildman–Crippen MR) is 82.2 cm³/mol. The molecule has 102 valence electrons. The second-order valence-corrected chi connectivity index (χ2v) is 4.57. The molecule has 0 fully saturated rings. The van der Waals surface area contributed by atoms with Gasteiger partial charge in [-0.05, 0) is 43.7 Å². The summed E-state index contributed by atoms with van der Waals surface area (Å²) in [7, 11) is 0. The fourth-order valence-electron chi connectivity index (χ4n) is 1.91. The van der Waals surface area contributed by atoms with Crippen LogP contribution in [0.15, 0.2) is 54.6 Å². The van der Waals surface area contributed by atoms with Gasteiger partial charge in [-0.3, -0.25) is 4.79 Å². The topological polar surface area (TPSA) is 26.3 Å². The van der Waals surface area contributed by atoms with Crippen molar-refractivity contribution in [1.82, 2.24) is 0 Å². The Kier molecular flexibility index (Phi) is 4.72. The van der Waals surface area contributed by atoms with Gasteiger partial charge in [0.2, 0.25) is 0 Å². The van der Waals surface area contributed by atoms with Gasteiger partial charge in [0.25, 0.3) is 0 Å². The van der Waals surface area contributed by atoms with Crippen LogP contribution in [-0.4, -0.2) is 12.4 Å². The first-order valence-corrected chi connectivity index (χ1v) is 6.71. The fraction of sp³-hybridized carbons (Fsp3) is 0.167. The van der Waals surface area contributed by atoms with Crippen LogP contribution >= 0.6 is 0 Å². The minimum atomic E-state index is 0.0163. The molecule has 0 aromatic heterocycles. The maximum absolute atomic E-state index is 12.0. The van der Waals surface area contributed by atoms with Gasteiger partial charge in [-0.15, -0.1) is 0 Å². The van der Waals surface area contributed by atoms with E-state index in [-0.39, 0.29) is 5.78 Å². The third-order valence-corrected chi connectivity index (χ3v) is 2.92. The predicted octanol–water partition coefficient (Wildman–Crippen LogP) is 4.29. The van der Waals surface area contributed by atoms with E-state index in [1.165, 1.54) is 0 Å². The summed E-state index contributed by atoms with van der Waals surface area (Å²) < 4.78 is 5.38. The van der Waals surface area contributed by atoms with Gasteiger partial charge < -0.3 is 4.74 Å². The molecular formula is C18H18O2. The van der Waals surface area contributed by atoms with E-state index in [0.717, 1.165) is 16.9 Å². The summed E-state index contributed by atoms with van der Waals surface area (Å²) in [6.07, 6.45) is 3.42. The summed E-state index contributed by atoms with van der Waals surface area (Å²) in [6.45, 7) is 4.59. The van der Waals surface area contributed by atoms with Crippen molar-refractivity contribution in [2.45, 2.75) is 13.8 Å². The van der Waals surface area contributed by atoms with Crippen molar-refractivity contribution in [3.63, 3.8) is 0 Å². The minimum Gasteiger partial charge on any atom is -0.494 e.